The maximum absolute atomic E-state index is 10.8. The molecule has 0 aliphatic carbocycles. The second kappa shape index (κ2) is 5.05. The topological polar surface area (TPSA) is 81.8 Å². The van der Waals surface area contributed by atoms with Crippen molar-refractivity contribution in [2.75, 3.05) is 13.2 Å². The molecular formula is C13H10ClNO5. The first kappa shape index (κ1) is 12.8. The first-order valence-electron chi connectivity index (χ1n) is 5.95. The van der Waals surface area contributed by atoms with Gasteiger partial charge in [-0.2, -0.15) is 0 Å². The Morgan fingerprint density at radius 1 is 1.30 bits per heavy atom. The van der Waals surface area contributed by atoms with Gasteiger partial charge in [0.2, 0.25) is 5.76 Å². The predicted octanol–water partition coefficient (Wildman–Crippen LogP) is 2.85. The number of halogens is 1. The molecule has 104 valence electrons. The molecule has 3 rings (SSSR count). The van der Waals surface area contributed by atoms with E-state index in [-0.39, 0.29) is 5.76 Å². The number of nitrogens with zero attached hydrogens (tertiary/aromatic N) is 1. The van der Waals surface area contributed by atoms with Gasteiger partial charge in [-0.15, -0.1) is 0 Å². The van der Waals surface area contributed by atoms with Crippen LogP contribution in [-0.4, -0.2) is 29.4 Å². The number of hydrogen-bond donors (Lipinski definition) is 1. The van der Waals surface area contributed by atoms with Crippen LogP contribution >= 0.6 is 11.6 Å². The first-order chi connectivity index (χ1) is 9.66. The maximum Gasteiger partial charge on any atom is 0.374 e. The van der Waals surface area contributed by atoms with E-state index in [0.717, 1.165) is 6.42 Å². The summed E-state index contributed by atoms with van der Waals surface area (Å²) >= 11 is 6.29. The number of carboxylic acids is 1. The molecule has 0 bridgehead atoms. The summed E-state index contributed by atoms with van der Waals surface area (Å²) in [5, 5.41) is 12.9. The summed E-state index contributed by atoms with van der Waals surface area (Å²) in [6, 6.07) is 4.73. The third-order valence-corrected chi connectivity index (χ3v) is 3.23. The molecule has 1 N–H and O–H groups in total. The number of aromatic carboxylic acids is 1. The zero-order valence-corrected chi connectivity index (χ0v) is 11.0. The smallest absolute Gasteiger partial charge is 0.374 e. The number of carbonyl (C=O) groups is 1. The lowest BCUT2D eigenvalue weighted by Crippen LogP contribution is -1.97. The van der Waals surface area contributed by atoms with Gasteiger partial charge in [-0.05, 0) is 12.1 Å². The highest BCUT2D eigenvalue weighted by Gasteiger charge is 2.21. The van der Waals surface area contributed by atoms with Crippen LogP contribution < -0.4 is 9.47 Å². The summed E-state index contributed by atoms with van der Waals surface area (Å²) in [7, 11) is 0. The van der Waals surface area contributed by atoms with Crippen LogP contribution in [0, 0.1) is 0 Å². The molecule has 0 fully saturated rings. The summed E-state index contributed by atoms with van der Waals surface area (Å²) < 4.78 is 15.8. The molecule has 0 saturated heterocycles. The van der Waals surface area contributed by atoms with E-state index in [1.807, 2.05) is 0 Å². The van der Waals surface area contributed by atoms with Crippen LogP contribution in [0.4, 0.5) is 0 Å². The molecular weight excluding hydrogens is 286 g/mol. The van der Waals surface area contributed by atoms with Gasteiger partial charge in [-0.3, -0.25) is 0 Å². The van der Waals surface area contributed by atoms with Crippen molar-refractivity contribution in [1.82, 2.24) is 5.16 Å². The fraction of sp³-hybridized carbons (Fsp3) is 0.231. The van der Waals surface area contributed by atoms with Gasteiger partial charge >= 0.3 is 5.97 Å². The quantitative estimate of drug-likeness (QED) is 0.917. The van der Waals surface area contributed by atoms with Crippen molar-refractivity contribution in [2.24, 2.45) is 0 Å². The molecule has 0 amide bonds. The molecule has 0 unspecified atom stereocenters. The van der Waals surface area contributed by atoms with Gasteiger partial charge < -0.3 is 19.1 Å². The Hall–Kier alpha value is -2.21. The normalized spacial score (nSPS) is 13.8. The SMILES string of the molecule is O=C(O)c1cc(-c2ccc3c(c2Cl)OCCCO3)no1. The number of rotatable bonds is 2. The summed E-state index contributed by atoms with van der Waals surface area (Å²) in [5.74, 6) is -0.419. The summed E-state index contributed by atoms with van der Waals surface area (Å²) in [4.78, 5) is 10.8. The molecule has 0 radical (unpaired) electrons. The second-order valence-corrected chi connectivity index (χ2v) is 4.56. The van der Waals surface area contributed by atoms with Crippen molar-refractivity contribution in [3.63, 3.8) is 0 Å². The van der Waals surface area contributed by atoms with E-state index in [9.17, 15) is 4.79 Å². The Morgan fingerprint density at radius 2 is 2.10 bits per heavy atom. The van der Waals surface area contributed by atoms with Crippen LogP contribution in [0.25, 0.3) is 11.3 Å². The lowest BCUT2D eigenvalue weighted by atomic mass is 10.1. The van der Waals surface area contributed by atoms with Crippen LogP contribution in [0.5, 0.6) is 11.5 Å². The van der Waals surface area contributed by atoms with Crippen molar-refractivity contribution in [1.29, 1.82) is 0 Å². The number of carboxylic acid groups (broad SMARTS) is 1. The molecule has 1 aliphatic rings. The van der Waals surface area contributed by atoms with Gasteiger partial charge in [-0.25, -0.2) is 4.79 Å². The molecule has 2 heterocycles. The van der Waals surface area contributed by atoms with E-state index in [4.69, 9.17) is 30.7 Å². The molecule has 6 nitrogen and oxygen atoms in total. The number of hydrogen-bond acceptors (Lipinski definition) is 5. The van der Waals surface area contributed by atoms with E-state index in [0.29, 0.717) is 41.0 Å². The zero-order chi connectivity index (χ0) is 14.1. The lowest BCUT2D eigenvalue weighted by Gasteiger charge is -2.11. The largest absolute Gasteiger partial charge is 0.490 e. The predicted molar refractivity (Wildman–Crippen MR) is 69.5 cm³/mol. The van der Waals surface area contributed by atoms with E-state index >= 15 is 0 Å². The summed E-state index contributed by atoms with van der Waals surface area (Å²) in [6.07, 6.45) is 0.771. The fourth-order valence-electron chi connectivity index (χ4n) is 1.90. The number of ether oxygens (including phenoxy) is 2. The highest BCUT2D eigenvalue weighted by atomic mass is 35.5. The maximum atomic E-state index is 10.8. The average Bonchev–Trinajstić information content (AvgIpc) is 2.78. The van der Waals surface area contributed by atoms with Gasteiger partial charge in [0.25, 0.3) is 0 Å². The van der Waals surface area contributed by atoms with E-state index in [1.54, 1.807) is 12.1 Å². The van der Waals surface area contributed by atoms with Crippen molar-refractivity contribution in [2.45, 2.75) is 6.42 Å². The number of aromatic nitrogens is 1. The monoisotopic (exact) mass is 295 g/mol. The third-order valence-electron chi connectivity index (χ3n) is 2.85. The first-order valence-corrected chi connectivity index (χ1v) is 6.33. The molecule has 1 aromatic heterocycles. The molecule has 1 aromatic carbocycles. The average molecular weight is 296 g/mol. The lowest BCUT2D eigenvalue weighted by molar-refractivity contribution is 0.0652. The van der Waals surface area contributed by atoms with Crippen LogP contribution in [0.3, 0.4) is 0 Å². The minimum absolute atomic E-state index is 0.247. The van der Waals surface area contributed by atoms with Crippen LogP contribution in [0.2, 0.25) is 5.02 Å². The van der Waals surface area contributed by atoms with Crippen LogP contribution in [0.15, 0.2) is 22.7 Å². The molecule has 1 aliphatic heterocycles. The standard InChI is InChI=1S/C13H10ClNO5/c14-11-7(8-6-10(13(16)17)20-15-8)2-3-9-12(11)19-5-1-4-18-9/h2-3,6H,1,4-5H2,(H,16,17). The Morgan fingerprint density at radius 3 is 2.85 bits per heavy atom. The van der Waals surface area contributed by atoms with Crippen LogP contribution in [0.1, 0.15) is 17.0 Å². The van der Waals surface area contributed by atoms with Crippen molar-refractivity contribution < 1.29 is 23.9 Å². The Balaban J connectivity index is 2.05. The molecule has 0 saturated carbocycles. The van der Waals surface area contributed by atoms with Crippen molar-refractivity contribution in [3.05, 3.63) is 29.0 Å². The minimum atomic E-state index is -1.19. The van der Waals surface area contributed by atoms with Crippen LogP contribution in [-0.2, 0) is 0 Å². The summed E-state index contributed by atoms with van der Waals surface area (Å²) in [5.41, 5.74) is 0.871. The highest BCUT2D eigenvalue weighted by Crippen LogP contribution is 2.42. The Kier molecular flexibility index (Phi) is 3.23. The van der Waals surface area contributed by atoms with Gasteiger partial charge in [-0.1, -0.05) is 16.8 Å². The number of benzene rings is 1. The van der Waals surface area contributed by atoms with Gasteiger partial charge in [0.1, 0.15) is 5.69 Å². The van der Waals surface area contributed by atoms with Crippen molar-refractivity contribution >= 4 is 17.6 Å². The molecule has 0 atom stereocenters. The summed E-state index contributed by atoms with van der Waals surface area (Å²) in [6.45, 7) is 1.07. The number of fused-ring (bicyclic) bond motifs is 1. The fourth-order valence-corrected chi connectivity index (χ4v) is 2.21. The van der Waals surface area contributed by atoms with E-state index in [2.05, 4.69) is 5.16 Å². The Labute approximate surface area is 118 Å². The minimum Gasteiger partial charge on any atom is -0.490 e. The third kappa shape index (κ3) is 2.18. The molecule has 20 heavy (non-hydrogen) atoms. The van der Waals surface area contributed by atoms with Gasteiger partial charge in [0.15, 0.2) is 11.5 Å². The molecule has 0 spiro atoms. The van der Waals surface area contributed by atoms with Crippen molar-refractivity contribution in [3.8, 4) is 22.8 Å². The van der Waals surface area contributed by atoms with E-state index in [1.165, 1.54) is 6.07 Å². The zero-order valence-electron chi connectivity index (χ0n) is 10.3. The second-order valence-electron chi connectivity index (χ2n) is 4.19. The highest BCUT2D eigenvalue weighted by molar-refractivity contribution is 6.35. The van der Waals surface area contributed by atoms with Gasteiger partial charge in [0.05, 0.1) is 18.2 Å². The van der Waals surface area contributed by atoms with Gasteiger partial charge in [0, 0.05) is 18.1 Å². The molecule has 7 heteroatoms. The Bertz CT molecular complexity index is 667. The molecule has 2 aromatic rings. The van der Waals surface area contributed by atoms with E-state index < -0.39 is 5.97 Å².